The summed E-state index contributed by atoms with van der Waals surface area (Å²) in [4.78, 5) is 12.4. The number of amides is 1. The van der Waals surface area contributed by atoms with Crippen LogP contribution in [0.25, 0.3) is 0 Å². The molecular formula is C17H13Cl2N3O. The number of anilines is 1. The fourth-order valence-corrected chi connectivity index (χ4v) is 2.57. The first-order valence-corrected chi connectivity index (χ1v) is 7.72. The van der Waals surface area contributed by atoms with Gasteiger partial charge in [0.15, 0.2) is 0 Å². The lowest BCUT2D eigenvalue weighted by molar-refractivity contribution is 0.102. The molecule has 0 aliphatic heterocycles. The molecule has 0 spiro atoms. The SMILES string of the molecule is O=C(Nc1ccnn1Cc1ccccc1)c1cccc(Cl)c1Cl. The molecule has 0 saturated heterocycles. The maximum atomic E-state index is 12.4. The molecule has 2 aromatic carbocycles. The summed E-state index contributed by atoms with van der Waals surface area (Å²) in [5.41, 5.74) is 1.42. The Kier molecular flexibility index (Phi) is 4.65. The Bertz CT molecular complexity index is 831. The number of rotatable bonds is 4. The number of hydrogen-bond acceptors (Lipinski definition) is 2. The van der Waals surface area contributed by atoms with Crippen LogP contribution in [0.4, 0.5) is 5.82 Å². The molecule has 23 heavy (non-hydrogen) atoms. The molecule has 6 heteroatoms. The zero-order valence-electron chi connectivity index (χ0n) is 12.0. The average Bonchev–Trinajstić information content (AvgIpc) is 2.98. The van der Waals surface area contributed by atoms with Crippen molar-refractivity contribution < 1.29 is 4.79 Å². The number of carbonyl (C=O) groups excluding carboxylic acids is 1. The molecule has 1 heterocycles. The van der Waals surface area contributed by atoms with Gasteiger partial charge < -0.3 is 5.32 Å². The lowest BCUT2D eigenvalue weighted by Crippen LogP contribution is -2.16. The minimum atomic E-state index is -0.327. The summed E-state index contributed by atoms with van der Waals surface area (Å²) in [5, 5.41) is 7.64. The number of halogens is 2. The Morgan fingerprint density at radius 3 is 2.61 bits per heavy atom. The van der Waals surface area contributed by atoms with Crippen LogP contribution in [0.2, 0.25) is 10.0 Å². The van der Waals surface area contributed by atoms with Crippen LogP contribution in [0.3, 0.4) is 0 Å². The normalized spacial score (nSPS) is 10.5. The van der Waals surface area contributed by atoms with Crippen molar-refractivity contribution in [2.45, 2.75) is 6.54 Å². The van der Waals surface area contributed by atoms with E-state index < -0.39 is 0 Å². The Hall–Kier alpha value is -2.30. The maximum absolute atomic E-state index is 12.4. The third-order valence-electron chi connectivity index (χ3n) is 3.33. The van der Waals surface area contributed by atoms with Crippen molar-refractivity contribution in [1.82, 2.24) is 9.78 Å². The third kappa shape index (κ3) is 3.55. The Balaban J connectivity index is 1.80. The molecular weight excluding hydrogens is 333 g/mol. The second kappa shape index (κ2) is 6.86. The van der Waals surface area contributed by atoms with Gasteiger partial charge in [0.25, 0.3) is 5.91 Å². The molecule has 0 saturated carbocycles. The van der Waals surface area contributed by atoms with Gasteiger partial charge in [-0.3, -0.25) is 4.79 Å². The van der Waals surface area contributed by atoms with Crippen LogP contribution in [0.5, 0.6) is 0 Å². The summed E-state index contributed by atoms with van der Waals surface area (Å²) in [6.45, 7) is 0.562. The van der Waals surface area contributed by atoms with E-state index in [1.165, 1.54) is 0 Å². The van der Waals surface area contributed by atoms with Gasteiger partial charge in [-0.25, -0.2) is 4.68 Å². The zero-order chi connectivity index (χ0) is 16.2. The van der Waals surface area contributed by atoms with Crippen LogP contribution >= 0.6 is 23.2 Å². The van der Waals surface area contributed by atoms with E-state index >= 15 is 0 Å². The number of nitrogens with one attached hydrogen (secondary N) is 1. The van der Waals surface area contributed by atoms with E-state index in [-0.39, 0.29) is 10.9 Å². The van der Waals surface area contributed by atoms with Gasteiger partial charge in [0.1, 0.15) is 5.82 Å². The van der Waals surface area contributed by atoms with Crippen molar-refractivity contribution in [3.05, 3.63) is 82.0 Å². The van der Waals surface area contributed by atoms with Crippen LogP contribution in [-0.2, 0) is 6.54 Å². The molecule has 0 radical (unpaired) electrons. The van der Waals surface area contributed by atoms with Gasteiger partial charge in [-0.15, -0.1) is 0 Å². The van der Waals surface area contributed by atoms with Crippen molar-refractivity contribution in [2.75, 3.05) is 5.32 Å². The molecule has 1 aromatic heterocycles. The van der Waals surface area contributed by atoms with E-state index in [1.807, 2.05) is 30.3 Å². The van der Waals surface area contributed by atoms with E-state index in [0.29, 0.717) is 22.9 Å². The second-order valence-corrected chi connectivity index (χ2v) is 5.70. The minimum Gasteiger partial charge on any atom is -0.307 e. The second-order valence-electron chi connectivity index (χ2n) is 4.92. The molecule has 0 unspecified atom stereocenters. The predicted octanol–water partition coefficient (Wildman–Crippen LogP) is 4.49. The lowest BCUT2D eigenvalue weighted by atomic mass is 10.2. The topological polar surface area (TPSA) is 46.9 Å². The molecule has 0 aliphatic rings. The van der Waals surface area contributed by atoms with E-state index in [4.69, 9.17) is 23.2 Å². The van der Waals surface area contributed by atoms with Crippen molar-refractivity contribution in [3.63, 3.8) is 0 Å². The van der Waals surface area contributed by atoms with Crippen LogP contribution in [-0.4, -0.2) is 15.7 Å². The Morgan fingerprint density at radius 2 is 1.83 bits per heavy atom. The van der Waals surface area contributed by atoms with Gasteiger partial charge in [-0.05, 0) is 17.7 Å². The molecule has 0 aliphatic carbocycles. The molecule has 1 amide bonds. The fourth-order valence-electron chi connectivity index (χ4n) is 2.18. The summed E-state index contributed by atoms with van der Waals surface area (Å²) >= 11 is 12.0. The Labute approximate surface area is 143 Å². The van der Waals surface area contributed by atoms with Gasteiger partial charge in [0.05, 0.1) is 28.4 Å². The highest BCUT2D eigenvalue weighted by molar-refractivity contribution is 6.44. The van der Waals surface area contributed by atoms with Crippen LogP contribution in [0, 0.1) is 0 Å². The van der Waals surface area contributed by atoms with Gasteiger partial charge >= 0.3 is 0 Å². The lowest BCUT2D eigenvalue weighted by Gasteiger charge is -2.10. The fraction of sp³-hybridized carbons (Fsp3) is 0.0588. The molecule has 3 aromatic rings. The van der Waals surface area contributed by atoms with Crippen molar-refractivity contribution in [1.29, 1.82) is 0 Å². The smallest absolute Gasteiger partial charge is 0.258 e. The summed E-state index contributed by atoms with van der Waals surface area (Å²) < 4.78 is 1.71. The minimum absolute atomic E-state index is 0.237. The summed E-state index contributed by atoms with van der Waals surface area (Å²) in [6, 6.07) is 16.6. The van der Waals surface area contributed by atoms with Crippen molar-refractivity contribution in [3.8, 4) is 0 Å². The highest BCUT2D eigenvalue weighted by atomic mass is 35.5. The van der Waals surface area contributed by atoms with E-state index in [2.05, 4.69) is 10.4 Å². The van der Waals surface area contributed by atoms with Gasteiger partial charge in [-0.2, -0.15) is 5.10 Å². The highest BCUT2D eigenvalue weighted by Crippen LogP contribution is 2.26. The molecule has 4 nitrogen and oxygen atoms in total. The maximum Gasteiger partial charge on any atom is 0.258 e. The van der Waals surface area contributed by atoms with Crippen molar-refractivity contribution in [2.24, 2.45) is 0 Å². The molecule has 3 rings (SSSR count). The van der Waals surface area contributed by atoms with Gasteiger partial charge in [-0.1, -0.05) is 59.6 Å². The molecule has 116 valence electrons. The number of benzene rings is 2. The third-order valence-corrected chi connectivity index (χ3v) is 4.15. The molecule has 0 bridgehead atoms. The first kappa shape index (κ1) is 15.6. The van der Waals surface area contributed by atoms with Crippen LogP contribution < -0.4 is 5.32 Å². The average molecular weight is 346 g/mol. The number of hydrogen-bond donors (Lipinski definition) is 1. The summed E-state index contributed by atoms with van der Waals surface area (Å²) in [6.07, 6.45) is 1.64. The molecule has 0 atom stereocenters. The number of nitrogens with zero attached hydrogens (tertiary/aromatic N) is 2. The monoisotopic (exact) mass is 345 g/mol. The van der Waals surface area contributed by atoms with E-state index in [1.54, 1.807) is 35.1 Å². The van der Waals surface area contributed by atoms with Crippen LogP contribution in [0.15, 0.2) is 60.8 Å². The van der Waals surface area contributed by atoms with Crippen molar-refractivity contribution >= 4 is 34.9 Å². The number of aromatic nitrogens is 2. The molecule has 1 N–H and O–H groups in total. The first-order chi connectivity index (χ1) is 11.1. The van der Waals surface area contributed by atoms with Gasteiger partial charge in [0.2, 0.25) is 0 Å². The standard InChI is InChI=1S/C17H13Cl2N3O/c18-14-8-4-7-13(16(14)19)17(23)21-15-9-10-20-22(15)11-12-5-2-1-3-6-12/h1-10H,11H2,(H,21,23). The largest absolute Gasteiger partial charge is 0.307 e. The quantitative estimate of drug-likeness (QED) is 0.757. The predicted molar refractivity (Wildman–Crippen MR) is 92.2 cm³/mol. The Morgan fingerprint density at radius 1 is 1.04 bits per heavy atom. The van der Waals surface area contributed by atoms with E-state index in [9.17, 15) is 4.79 Å². The first-order valence-electron chi connectivity index (χ1n) is 6.96. The molecule has 0 fully saturated rings. The van der Waals surface area contributed by atoms with Gasteiger partial charge in [0, 0.05) is 6.07 Å². The van der Waals surface area contributed by atoms with E-state index in [0.717, 1.165) is 5.56 Å². The highest BCUT2D eigenvalue weighted by Gasteiger charge is 2.14. The zero-order valence-corrected chi connectivity index (χ0v) is 13.6. The summed E-state index contributed by atoms with van der Waals surface area (Å²) in [7, 11) is 0. The summed E-state index contributed by atoms with van der Waals surface area (Å²) in [5.74, 6) is 0.266. The number of carbonyl (C=O) groups is 1. The van der Waals surface area contributed by atoms with Crippen LogP contribution in [0.1, 0.15) is 15.9 Å².